The van der Waals surface area contributed by atoms with E-state index < -0.39 is 15.6 Å². The van der Waals surface area contributed by atoms with Crippen molar-refractivity contribution in [2.75, 3.05) is 11.6 Å². The van der Waals surface area contributed by atoms with Gasteiger partial charge in [0.2, 0.25) is 5.91 Å². The quantitative estimate of drug-likeness (QED) is 0.435. The van der Waals surface area contributed by atoms with Gasteiger partial charge in [-0.3, -0.25) is 14.6 Å². The summed E-state index contributed by atoms with van der Waals surface area (Å²) in [5.74, 6) is 5.35. The van der Waals surface area contributed by atoms with E-state index in [4.69, 9.17) is 0 Å². The zero-order valence-electron chi connectivity index (χ0n) is 18.6. The van der Waals surface area contributed by atoms with Crippen LogP contribution in [0.4, 0.5) is 5.69 Å². The number of benzene rings is 3. The van der Waals surface area contributed by atoms with Gasteiger partial charge in [-0.25, -0.2) is 4.21 Å². The number of fused-ring (bicyclic) bond motifs is 1. The van der Waals surface area contributed by atoms with Crippen molar-refractivity contribution in [2.45, 2.75) is 11.8 Å². The third kappa shape index (κ3) is 5.37. The average molecular weight is 468 g/mol. The first-order valence-electron chi connectivity index (χ1n) is 10.4. The van der Waals surface area contributed by atoms with Crippen molar-refractivity contribution in [1.29, 1.82) is 0 Å². The zero-order chi connectivity index (χ0) is 24.1. The first kappa shape index (κ1) is 22.9. The van der Waals surface area contributed by atoms with Crippen molar-refractivity contribution in [3.05, 3.63) is 102 Å². The zero-order valence-corrected chi connectivity index (χ0v) is 19.4. The van der Waals surface area contributed by atoms with Gasteiger partial charge < -0.3 is 5.32 Å². The second-order valence-corrected chi connectivity index (χ2v) is 9.90. The highest BCUT2D eigenvalue weighted by Gasteiger charge is 2.12. The second kappa shape index (κ2) is 9.69. The summed E-state index contributed by atoms with van der Waals surface area (Å²) in [7, 11) is -3.00. The Bertz CT molecular complexity index is 1580. The molecule has 1 N–H and O–H groups in total. The Balaban J connectivity index is 1.60. The van der Waals surface area contributed by atoms with E-state index in [9.17, 15) is 13.8 Å². The molecule has 1 heterocycles. The molecule has 1 unspecified atom stereocenters. The summed E-state index contributed by atoms with van der Waals surface area (Å²) >= 11 is 0. The summed E-state index contributed by atoms with van der Waals surface area (Å²) < 4.78 is 17.1. The topological polar surface area (TPSA) is 88.5 Å². The summed E-state index contributed by atoms with van der Waals surface area (Å²) in [5, 5.41) is 4.78. The fourth-order valence-electron chi connectivity index (χ4n) is 3.36. The lowest BCUT2D eigenvalue weighted by molar-refractivity contribution is -0.114. The number of hydrogen-bond donors (Lipinski definition) is 1. The van der Waals surface area contributed by atoms with E-state index in [0.29, 0.717) is 16.1 Å². The van der Waals surface area contributed by atoms with Gasteiger partial charge in [0.15, 0.2) is 0 Å². The number of nitrogens with zero attached hydrogens (tertiary/aromatic N) is 2. The van der Waals surface area contributed by atoms with E-state index in [1.165, 1.54) is 19.4 Å². The van der Waals surface area contributed by atoms with E-state index in [0.717, 1.165) is 16.3 Å². The molecule has 1 atom stereocenters. The number of pyridine rings is 1. The summed E-state index contributed by atoms with van der Waals surface area (Å²) in [6.45, 7) is 1.40. The molecule has 0 fully saturated rings. The predicted octanol–water partition coefficient (Wildman–Crippen LogP) is 4.89. The summed E-state index contributed by atoms with van der Waals surface area (Å²) in [4.78, 5) is 28.4. The van der Waals surface area contributed by atoms with Crippen LogP contribution < -0.4 is 5.32 Å². The molecule has 0 aliphatic rings. The number of rotatable bonds is 3. The minimum atomic E-state index is -3.00. The van der Waals surface area contributed by atoms with Crippen LogP contribution in [0.5, 0.6) is 0 Å². The lowest BCUT2D eigenvalue weighted by Crippen LogP contribution is -2.07. The molecule has 0 aliphatic carbocycles. The van der Waals surface area contributed by atoms with Crippen molar-refractivity contribution >= 4 is 38.0 Å². The summed E-state index contributed by atoms with van der Waals surface area (Å²) in [6, 6.07) is 21.9. The Labute approximate surface area is 198 Å². The minimum absolute atomic E-state index is 0.203. The predicted molar refractivity (Wildman–Crippen MR) is 134 cm³/mol. The Hall–Kier alpha value is -4.28. The molecule has 1 aromatic heterocycles. The summed E-state index contributed by atoms with van der Waals surface area (Å²) in [6.07, 6.45) is 4.35. The van der Waals surface area contributed by atoms with E-state index in [-0.39, 0.29) is 11.5 Å². The van der Waals surface area contributed by atoms with Crippen LogP contribution in [0, 0.1) is 11.8 Å². The molecule has 0 radical (unpaired) electrons. The second-order valence-electron chi connectivity index (χ2n) is 7.64. The monoisotopic (exact) mass is 467 g/mol. The highest BCUT2D eigenvalue weighted by Crippen LogP contribution is 2.19. The molecule has 0 bridgehead atoms. The van der Waals surface area contributed by atoms with Crippen molar-refractivity contribution in [3.8, 4) is 11.8 Å². The molecule has 0 aliphatic heterocycles. The maximum absolute atomic E-state index is 13.1. The van der Waals surface area contributed by atoms with Crippen LogP contribution in [-0.2, 0) is 14.5 Å². The van der Waals surface area contributed by atoms with E-state index in [1.807, 2.05) is 42.5 Å². The molecule has 168 valence electrons. The lowest BCUT2D eigenvalue weighted by atomic mass is 10.0. The number of anilines is 1. The molecule has 0 saturated carbocycles. The molecule has 4 rings (SSSR count). The van der Waals surface area contributed by atoms with E-state index >= 15 is 0 Å². The molecule has 7 heteroatoms. The standard InChI is InChI=1S/C27H21N3O3S/c1-19(31)29-24-12-14-25(15-13-24)34(2,33)30-27(32)23-16-20(17-28-18-23)10-11-22-8-5-7-21-6-3-4-9-26(21)22/h3-9,12-18H,1-2H3,(H,29,31). The lowest BCUT2D eigenvalue weighted by Gasteiger charge is -2.06. The fraction of sp³-hybridized carbons (Fsp3) is 0.0741. The molecule has 34 heavy (non-hydrogen) atoms. The van der Waals surface area contributed by atoms with Crippen LogP contribution in [0.25, 0.3) is 10.8 Å². The van der Waals surface area contributed by atoms with Gasteiger partial charge in [-0.05, 0) is 47.2 Å². The number of amides is 2. The number of nitrogens with one attached hydrogen (secondary N) is 1. The Morgan fingerprint density at radius 2 is 1.68 bits per heavy atom. The van der Waals surface area contributed by atoms with Gasteiger partial charge >= 0.3 is 0 Å². The molecule has 6 nitrogen and oxygen atoms in total. The van der Waals surface area contributed by atoms with Gasteiger partial charge in [0.25, 0.3) is 5.91 Å². The van der Waals surface area contributed by atoms with Crippen molar-refractivity contribution in [1.82, 2.24) is 4.98 Å². The highest BCUT2D eigenvalue weighted by atomic mass is 32.2. The number of hydrogen-bond acceptors (Lipinski definition) is 4. The largest absolute Gasteiger partial charge is 0.326 e. The first-order valence-corrected chi connectivity index (χ1v) is 12.3. The SMILES string of the molecule is CC(=O)Nc1ccc(S(C)(=O)=NC(=O)c2cncc(C#Cc3cccc4ccccc34)c2)cc1. The summed E-state index contributed by atoms with van der Waals surface area (Å²) in [5.41, 5.74) is 2.20. The Morgan fingerprint density at radius 1 is 0.941 bits per heavy atom. The smallest absolute Gasteiger partial charge is 0.286 e. The Morgan fingerprint density at radius 3 is 2.44 bits per heavy atom. The van der Waals surface area contributed by atoms with E-state index in [1.54, 1.807) is 36.5 Å². The van der Waals surface area contributed by atoms with Crippen molar-refractivity contribution in [2.24, 2.45) is 4.36 Å². The molecular weight excluding hydrogens is 446 g/mol. The van der Waals surface area contributed by atoms with Gasteiger partial charge in [-0.2, -0.15) is 4.36 Å². The van der Waals surface area contributed by atoms with Gasteiger partial charge in [-0.1, -0.05) is 48.2 Å². The van der Waals surface area contributed by atoms with Crippen LogP contribution >= 0.6 is 0 Å². The highest BCUT2D eigenvalue weighted by molar-refractivity contribution is 7.93. The van der Waals surface area contributed by atoms with Gasteiger partial charge in [-0.15, -0.1) is 0 Å². The maximum Gasteiger partial charge on any atom is 0.286 e. The number of aromatic nitrogens is 1. The molecule has 2 amide bonds. The van der Waals surface area contributed by atoms with Crippen LogP contribution in [-0.4, -0.2) is 27.3 Å². The first-order chi connectivity index (χ1) is 16.3. The molecule has 0 saturated heterocycles. The van der Waals surface area contributed by atoms with E-state index in [2.05, 4.69) is 26.5 Å². The fourth-order valence-corrected chi connectivity index (χ4v) is 4.53. The molecular formula is C27H21N3O3S. The van der Waals surface area contributed by atoms with Gasteiger partial charge in [0.05, 0.1) is 15.3 Å². The third-order valence-corrected chi connectivity index (χ3v) is 6.65. The minimum Gasteiger partial charge on any atom is -0.326 e. The molecule has 4 aromatic rings. The Kier molecular flexibility index (Phi) is 6.53. The van der Waals surface area contributed by atoms with Crippen LogP contribution in [0.15, 0.2) is 94.4 Å². The van der Waals surface area contributed by atoms with Crippen LogP contribution in [0.3, 0.4) is 0 Å². The molecule has 0 spiro atoms. The van der Waals surface area contributed by atoms with Crippen molar-refractivity contribution < 1.29 is 13.8 Å². The number of carbonyl (C=O) groups is 2. The third-order valence-electron chi connectivity index (χ3n) is 4.99. The normalized spacial score (nSPS) is 12.2. The van der Waals surface area contributed by atoms with Gasteiger partial charge in [0.1, 0.15) is 0 Å². The average Bonchev–Trinajstić information content (AvgIpc) is 2.82. The van der Waals surface area contributed by atoms with Crippen LogP contribution in [0.1, 0.15) is 28.4 Å². The van der Waals surface area contributed by atoms with Crippen LogP contribution in [0.2, 0.25) is 0 Å². The number of carbonyl (C=O) groups excluding carboxylic acids is 2. The maximum atomic E-state index is 13.1. The van der Waals surface area contributed by atoms with Gasteiger partial charge in [0, 0.05) is 47.3 Å². The molecule has 3 aromatic carbocycles. The van der Waals surface area contributed by atoms with Crippen molar-refractivity contribution in [3.63, 3.8) is 0 Å².